The highest BCUT2D eigenvalue weighted by atomic mass is 19.1. The minimum Gasteiger partial charge on any atom is -0.269 e. The summed E-state index contributed by atoms with van der Waals surface area (Å²) in [5.74, 6) is 0.650. The molecule has 138 valence electrons. The Morgan fingerprint density at radius 1 is 1.11 bits per heavy atom. The predicted molar refractivity (Wildman–Crippen MR) is 105 cm³/mol. The Labute approximate surface area is 161 Å². The molecule has 28 heavy (non-hydrogen) atoms. The van der Waals surface area contributed by atoms with E-state index in [4.69, 9.17) is 0 Å². The van der Waals surface area contributed by atoms with Gasteiger partial charge in [0.1, 0.15) is 18.0 Å². The number of hydrogen-bond donors (Lipinski definition) is 0. The van der Waals surface area contributed by atoms with Crippen LogP contribution in [-0.4, -0.2) is 24.6 Å². The fraction of sp³-hybridized carbons (Fsp3) is 0.182. The van der Waals surface area contributed by atoms with Crippen LogP contribution in [0.25, 0.3) is 22.9 Å². The molecule has 1 aliphatic carbocycles. The molecule has 3 aromatic heterocycles. The van der Waals surface area contributed by atoms with Gasteiger partial charge in [0.05, 0.1) is 0 Å². The quantitative estimate of drug-likeness (QED) is 0.544. The lowest BCUT2D eigenvalue weighted by Crippen LogP contribution is -2.06. The molecule has 3 heterocycles. The standard InChI is InChI=1S/C22H18FN5/c1-14-16(6-3-11-24-14)19-12-25-21(28-13-26-27-22(19)28)10-8-18-17-5-2-4-15(17)7-9-20(18)23/h2-3,5-7,9,11-13H,4,8,10H2,1H3. The lowest BCUT2D eigenvalue weighted by molar-refractivity contribution is 0.605. The number of allylic oxidation sites excluding steroid dienone is 1. The number of halogens is 1. The third-order valence-corrected chi connectivity index (χ3v) is 5.32. The van der Waals surface area contributed by atoms with E-state index in [-0.39, 0.29) is 5.82 Å². The van der Waals surface area contributed by atoms with E-state index in [0.29, 0.717) is 12.8 Å². The van der Waals surface area contributed by atoms with E-state index in [0.717, 1.165) is 45.8 Å². The van der Waals surface area contributed by atoms with E-state index in [2.05, 4.69) is 26.2 Å². The van der Waals surface area contributed by atoms with Crippen molar-refractivity contribution < 1.29 is 4.39 Å². The molecule has 0 N–H and O–H groups in total. The van der Waals surface area contributed by atoms with Crippen molar-refractivity contribution in [2.24, 2.45) is 0 Å². The Hall–Kier alpha value is -3.41. The normalized spacial score (nSPS) is 12.6. The van der Waals surface area contributed by atoms with Crippen molar-refractivity contribution in [3.63, 3.8) is 0 Å². The molecule has 0 saturated carbocycles. The molecule has 0 unspecified atom stereocenters. The van der Waals surface area contributed by atoms with Crippen molar-refractivity contribution in [2.45, 2.75) is 26.2 Å². The second kappa shape index (κ2) is 6.64. The number of pyridine rings is 1. The molecule has 5 nitrogen and oxygen atoms in total. The van der Waals surface area contributed by atoms with Crippen LogP contribution in [0, 0.1) is 12.7 Å². The SMILES string of the molecule is Cc1ncccc1-c1cnc(CCc2c(F)ccc3c2C=CC3)n2cnnc12. The zero-order valence-corrected chi connectivity index (χ0v) is 15.4. The number of nitrogens with zero attached hydrogens (tertiary/aromatic N) is 5. The van der Waals surface area contributed by atoms with Gasteiger partial charge in [0.25, 0.3) is 0 Å². The summed E-state index contributed by atoms with van der Waals surface area (Å²) in [6.45, 7) is 1.96. The van der Waals surface area contributed by atoms with Crippen LogP contribution >= 0.6 is 0 Å². The molecule has 1 aromatic carbocycles. The van der Waals surface area contributed by atoms with E-state index >= 15 is 0 Å². The molecule has 0 atom stereocenters. The third-order valence-electron chi connectivity index (χ3n) is 5.32. The lowest BCUT2D eigenvalue weighted by Gasteiger charge is -2.11. The fourth-order valence-electron chi connectivity index (χ4n) is 3.88. The highest BCUT2D eigenvalue weighted by Gasteiger charge is 2.17. The van der Waals surface area contributed by atoms with Gasteiger partial charge in [-0.15, -0.1) is 10.2 Å². The van der Waals surface area contributed by atoms with Gasteiger partial charge >= 0.3 is 0 Å². The number of aryl methyl sites for hydroxylation is 2. The summed E-state index contributed by atoms with van der Waals surface area (Å²) in [6, 6.07) is 7.34. The van der Waals surface area contributed by atoms with Crippen LogP contribution in [-0.2, 0) is 19.3 Å². The summed E-state index contributed by atoms with van der Waals surface area (Å²) >= 11 is 0. The van der Waals surface area contributed by atoms with Crippen molar-refractivity contribution in [1.29, 1.82) is 0 Å². The average molecular weight is 371 g/mol. The monoisotopic (exact) mass is 371 g/mol. The van der Waals surface area contributed by atoms with Gasteiger partial charge in [-0.05, 0) is 48.6 Å². The molecule has 5 rings (SSSR count). The van der Waals surface area contributed by atoms with Crippen LogP contribution in [0.4, 0.5) is 4.39 Å². The fourth-order valence-corrected chi connectivity index (χ4v) is 3.88. The number of benzene rings is 1. The van der Waals surface area contributed by atoms with Gasteiger partial charge in [-0.3, -0.25) is 9.38 Å². The van der Waals surface area contributed by atoms with Crippen LogP contribution in [0.3, 0.4) is 0 Å². The summed E-state index contributed by atoms with van der Waals surface area (Å²) in [5.41, 5.74) is 6.47. The average Bonchev–Trinajstić information content (AvgIpc) is 3.37. The Morgan fingerprint density at radius 3 is 2.93 bits per heavy atom. The van der Waals surface area contributed by atoms with Gasteiger partial charge in [0.2, 0.25) is 0 Å². The largest absolute Gasteiger partial charge is 0.269 e. The Morgan fingerprint density at radius 2 is 2.04 bits per heavy atom. The number of rotatable bonds is 4. The maximum absolute atomic E-state index is 14.4. The third kappa shape index (κ3) is 2.69. The maximum Gasteiger partial charge on any atom is 0.171 e. The van der Waals surface area contributed by atoms with Gasteiger partial charge < -0.3 is 0 Å². The summed E-state index contributed by atoms with van der Waals surface area (Å²) < 4.78 is 16.3. The molecule has 0 radical (unpaired) electrons. The molecule has 0 amide bonds. The van der Waals surface area contributed by atoms with Crippen LogP contribution in [0.15, 0.2) is 49.1 Å². The summed E-state index contributed by atoms with van der Waals surface area (Å²) in [6.07, 6.45) is 11.4. The van der Waals surface area contributed by atoms with E-state index in [1.807, 2.05) is 41.8 Å². The van der Waals surface area contributed by atoms with E-state index in [1.165, 1.54) is 5.56 Å². The van der Waals surface area contributed by atoms with Crippen LogP contribution in [0.2, 0.25) is 0 Å². The Bertz CT molecular complexity index is 1230. The minimum absolute atomic E-state index is 0.159. The minimum atomic E-state index is -0.159. The summed E-state index contributed by atoms with van der Waals surface area (Å²) in [5, 5.41) is 8.36. The van der Waals surface area contributed by atoms with Crippen molar-refractivity contribution in [3.8, 4) is 11.1 Å². The maximum atomic E-state index is 14.4. The van der Waals surface area contributed by atoms with E-state index in [1.54, 1.807) is 18.6 Å². The molecule has 1 aliphatic rings. The first-order valence-corrected chi connectivity index (χ1v) is 9.29. The smallest absolute Gasteiger partial charge is 0.171 e. The second-order valence-electron chi connectivity index (χ2n) is 6.95. The Kier molecular flexibility index (Phi) is 3.97. The van der Waals surface area contributed by atoms with Gasteiger partial charge in [0, 0.05) is 35.6 Å². The number of fused-ring (bicyclic) bond motifs is 2. The van der Waals surface area contributed by atoms with Gasteiger partial charge in [-0.2, -0.15) is 0 Å². The van der Waals surface area contributed by atoms with Crippen molar-refractivity contribution in [2.75, 3.05) is 0 Å². The van der Waals surface area contributed by atoms with Gasteiger partial charge in [-0.1, -0.05) is 24.3 Å². The first kappa shape index (κ1) is 16.7. The highest BCUT2D eigenvalue weighted by molar-refractivity contribution is 5.77. The van der Waals surface area contributed by atoms with Gasteiger partial charge in [-0.25, -0.2) is 9.37 Å². The highest BCUT2D eigenvalue weighted by Crippen LogP contribution is 2.28. The molecule has 0 fully saturated rings. The number of aromatic nitrogens is 5. The van der Waals surface area contributed by atoms with Gasteiger partial charge in [0.15, 0.2) is 5.65 Å². The summed E-state index contributed by atoms with van der Waals surface area (Å²) in [7, 11) is 0. The van der Waals surface area contributed by atoms with Crippen LogP contribution < -0.4 is 0 Å². The molecular weight excluding hydrogens is 353 g/mol. The lowest BCUT2D eigenvalue weighted by atomic mass is 9.98. The van der Waals surface area contributed by atoms with E-state index in [9.17, 15) is 4.39 Å². The predicted octanol–water partition coefficient (Wildman–Crippen LogP) is 3.99. The molecule has 0 saturated heterocycles. The zero-order valence-electron chi connectivity index (χ0n) is 15.4. The molecule has 4 aromatic rings. The van der Waals surface area contributed by atoms with E-state index < -0.39 is 0 Å². The molecule has 0 aliphatic heterocycles. The Balaban J connectivity index is 1.52. The molecular formula is C22H18FN5. The second-order valence-corrected chi connectivity index (χ2v) is 6.95. The van der Waals surface area contributed by atoms with Crippen LogP contribution in [0.5, 0.6) is 0 Å². The molecule has 0 spiro atoms. The number of hydrogen-bond acceptors (Lipinski definition) is 4. The zero-order chi connectivity index (χ0) is 19.1. The molecule has 0 bridgehead atoms. The van der Waals surface area contributed by atoms with Crippen LogP contribution in [0.1, 0.15) is 28.2 Å². The first-order valence-electron chi connectivity index (χ1n) is 9.29. The molecule has 6 heteroatoms. The first-order chi connectivity index (χ1) is 13.7. The van der Waals surface area contributed by atoms with Crippen molar-refractivity contribution >= 4 is 11.7 Å². The van der Waals surface area contributed by atoms with Crippen molar-refractivity contribution in [3.05, 3.63) is 83.1 Å². The van der Waals surface area contributed by atoms with Crippen molar-refractivity contribution in [1.82, 2.24) is 24.6 Å². The topological polar surface area (TPSA) is 56.0 Å². The summed E-state index contributed by atoms with van der Waals surface area (Å²) in [4.78, 5) is 9.00.